The van der Waals surface area contributed by atoms with Crippen LogP contribution in [0.3, 0.4) is 0 Å². The highest BCUT2D eigenvalue weighted by atomic mass is 32.1. The minimum Gasteiger partial charge on any atom is -0.377 e. The van der Waals surface area contributed by atoms with Gasteiger partial charge in [-0.2, -0.15) is 0 Å². The maximum absolute atomic E-state index is 5.61. The zero-order valence-corrected chi connectivity index (χ0v) is 10.4. The number of nitrogens with one attached hydrogen (secondary N) is 1. The Morgan fingerprint density at radius 2 is 2.33 bits per heavy atom. The smallest absolute Gasteiger partial charge is 0.0685 e. The van der Waals surface area contributed by atoms with Crippen molar-refractivity contribution in [2.24, 2.45) is 0 Å². The first-order valence-corrected chi connectivity index (χ1v) is 6.13. The van der Waals surface area contributed by atoms with E-state index >= 15 is 0 Å². The lowest BCUT2D eigenvalue weighted by atomic mass is 10.2. The van der Waals surface area contributed by atoms with E-state index in [1.54, 1.807) is 0 Å². The zero-order chi connectivity index (χ0) is 11.1. The SMILES string of the molecule is CCCNC(COC(C)C)c1cnns1. The van der Waals surface area contributed by atoms with Gasteiger partial charge in [0.05, 0.1) is 29.8 Å². The summed E-state index contributed by atoms with van der Waals surface area (Å²) in [6.07, 6.45) is 3.18. The quantitative estimate of drug-likeness (QED) is 0.777. The molecule has 15 heavy (non-hydrogen) atoms. The first kappa shape index (κ1) is 12.5. The second-order valence-electron chi connectivity index (χ2n) is 3.71. The van der Waals surface area contributed by atoms with Gasteiger partial charge in [-0.3, -0.25) is 0 Å². The Kier molecular flexibility index (Phi) is 5.75. The van der Waals surface area contributed by atoms with Crippen LogP contribution in [0.2, 0.25) is 0 Å². The molecule has 0 aliphatic rings. The summed E-state index contributed by atoms with van der Waals surface area (Å²) in [5.41, 5.74) is 0. The molecule has 0 amide bonds. The predicted octanol–water partition coefficient (Wildman–Crippen LogP) is 2.00. The molecule has 0 bridgehead atoms. The van der Waals surface area contributed by atoms with Crippen molar-refractivity contribution in [2.45, 2.75) is 39.3 Å². The van der Waals surface area contributed by atoms with Crippen LogP contribution in [0.1, 0.15) is 38.1 Å². The summed E-state index contributed by atoms with van der Waals surface area (Å²) in [6.45, 7) is 7.91. The molecular formula is C10H19N3OS. The fourth-order valence-corrected chi connectivity index (χ4v) is 1.74. The summed E-state index contributed by atoms with van der Waals surface area (Å²) in [4.78, 5) is 1.14. The van der Waals surface area contributed by atoms with Crippen molar-refractivity contribution in [1.82, 2.24) is 14.9 Å². The molecule has 0 saturated carbocycles. The second-order valence-corrected chi connectivity index (χ2v) is 4.53. The lowest BCUT2D eigenvalue weighted by Crippen LogP contribution is -2.26. The number of hydrogen-bond acceptors (Lipinski definition) is 5. The number of aromatic nitrogens is 2. The highest BCUT2D eigenvalue weighted by molar-refractivity contribution is 7.05. The van der Waals surface area contributed by atoms with Gasteiger partial charge in [0.2, 0.25) is 0 Å². The van der Waals surface area contributed by atoms with E-state index in [0.717, 1.165) is 17.8 Å². The summed E-state index contributed by atoms with van der Waals surface area (Å²) < 4.78 is 9.49. The van der Waals surface area contributed by atoms with Crippen LogP contribution in [0.25, 0.3) is 0 Å². The van der Waals surface area contributed by atoms with Gasteiger partial charge in [-0.05, 0) is 38.3 Å². The maximum Gasteiger partial charge on any atom is 0.0685 e. The van der Waals surface area contributed by atoms with Crippen LogP contribution >= 0.6 is 11.5 Å². The molecule has 1 aromatic rings. The van der Waals surface area contributed by atoms with E-state index in [0.29, 0.717) is 6.61 Å². The van der Waals surface area contributed by atoms with E-state index in [4.69, 9.17) is 4.74 Å². The molecule has 0 spiro atoms. The van der Waals surface area contributed by atoms with Crippen molar-refractivity contribution in [1.29, 1.82) is 0 Å². The average molecular weight is 229 g/mol. The topological polar surface area (TPSA) is 47.0 Å². The van der Waals surface area contributed by atoms with Gasteiger partial charge >= 0.3 is 0 Å². The molecule has 0 fully saturated rings. The van der Waals surface area contributed by atoms with E-state index in [9.17, 15) is 0 Å². The number of hydrogen-bond donors (Lipinski definition) is 1. The number of ether oxygens (including phenoxy) is 1. The largest absolute Gasteiger partial charge is 0.377 e. The molecule has 0 radical (unpaired) electrons. The van der Waals surface area contributed by atoms with E-state index in [-0.39, 0.29) is 12.1 Å². The van der Waals surface area contributed by atoms with E-state index < -0.39 is 0 Å². The second kappa shape index (κ2) is 6.87. The molecule has 86 valence electrons. The summed E-state index contributed by atoms with van der Waals surface area (Å²) in [5, 5.41) is 7.28. The first-order valence-electron chi connectivity index (χ1n) is 5.36. The van der Waals surface area contributed by atoms with Crippen LogP contribution in [0, 0.1) is 0 Å². The normalized spacial score (nSPS) is 13.3. The number of rotatable bonds is 7. The summed E-state index contributed by atoms with van der Waals surface area (Å²) in [7, 11) is 0. The van der Waals surface area contributed by atoms with Gasteiger partial charge in [-0.25, -0.2) is 0 Å². The molecular weight excluding hydrogens is 210 g/mol. The lowest BCUT2D eigenvalue weighted by Gasteiger charge is -2.17. The number of nitrogens with zero attached hydrogens (tertiary/aromatic N) is 2. The Labute approximate surface area is 95.2 Å². The summed E-state index contributed by atoms with van der Waals surface area (Å²) in [6, 6.07) is 0.229. The molecule has 0 aliphatic carbocycles. The van der Waals surface area contributed by atoms with Gasteiger partial charge in [-0.15, -0.1) is 5.10 Å². The van der Waals surface area contributed by atoms with Crippen molar-refractivity contribution >= 4 is 11.5 Å². The molecule has 1 unspecified atom stereocenters. The van der Waals surface area contributed by atoms with Crippen molar-refractivity contribution in [3.05, 3.63) is 11.1 Å². The zero-order valence-electron chi connectivity index (χ0n) is 9.56. The van der Waals surface area contributed by atoms with Gasteiger partial charge < -0.3 is 10.1 Å². The molecule has 0 aliphatic heterocycles. The van der Waals surface area contributed by atoms with Gasteiger partial charge in [0.25, 0.3) is 0 Å². The molecule has 5 heteroatoms. The Balaban J connectivity index is 2.46. The highest BCUT2D eigenvalue weighted by Gasteiger charge is 2.13. The van der Waals surface area contributed by atoms with Crippen LogP contribution in [-0.4, -0.2) is 28.8 Å². The Morgan fingerprint density at radius 1 is 1.53 bits per heavy atom. The Bertz CT molecular complexity index is 251. The average Bonchev–Trinajstić information content (AvgIpc) is 2.71. The van der Waals surface area contributed by atoms with Crippen molar-refractivity contribution in [3.63, 3.8) is 0 Å². The van der Waals surface area contributed by atoms with Crippen LogP contribution in [0.4, 0.5) is 0 Å². The highest BCUT2D eigenvalue weighted by Crippen LogP contribution is 2.16. The monoisotopic (exact) mass is 229 g/mol. The summed E-state index contributed by atoms with van der Waals surface area (Å²) in [5.74, 6) is 0. The van der Waals surface area contributed by atoms with Crippen molar-refractivity contribution in [2.75, 3.05) is 13.2 Å². The molecule has 0 saturated heterocycles. The minimum absolute atomic E-state index is 0.229. The first-order chi connectivity index (χ1) is 7.24. The van der Waals surface area contributed by atoms with Crippen LogP contribution in [0.5, 0.6) is 0 Å². The molecule has 0 aromatic carbocycles. The molecule has 1 N–H and O–H groups in total. The van der Waals surface area contributed by atoms with E-state index in [2.05, 4.69) is 21.8 Å². The third kappa shape index (κ3) is 4.68. The van der Waals surface area contributed by atoms with Crippen molar-refractivity contribution in [3.8, 4) is 0 Å². The van der Waals surface area contributed by atoms with Gasteiger partial charge in [-0.1, -0.05) is 11.4 Å². The molecule has 1 atom stereocenters. The van der Waals surface area contributed by atoms with E-state index in [1.807, 2.05) is 20.0 Å². The Hall–Kier alpha value is -0.520. The summed E-state index contributed by atoms with van der Waals surface area (Å²) >= 11 is 1.43. The maximum atomic E-state index is 5.61. The van der Waals surface area contributed by atoms with Crippen LogP contribution < -0.4 is 5.32 Å². The fraction of sp³-hybridized carbons (Fsp3) is 0.800. The third-order valence-electron chi connectivity index (χ3n) is 1.96. The third-order valence-corrected chi connectivity index (χ3v) is 2.74. The molecule has 1 heterocycles. The minimum atomic E-state index is 0.229. The van der Waals surface area contributed by atoms with Gasteiger partial charge in [0, 0.05) is 0 Å². The van der Waals surface area contributed by atoms with Gasteiger partial charge in [0.15, 0.2) is 0 Å². The van der Waals surface area contributed by atoms with E-state index in [1.165, 1.54) is 11.5 Å². The van der Waals surface area contributed by atoms with Gasteiger partial charge in [0.1, 0.15) is 0 Å². The van der Waals surface area contributed by atoms with Crippen LogP contribution in [-0.2, 0) is 4.74 Å². The molecule has 1 aromatic heterocycles. The molecule has 1 rings (SSSR count). The Morgan fingerprint density at radius 3 is 2.87 bits per heavy atom. The lowest BCUT2D eigenvalue weighted by molar-refractivity contribution is 0.0617. The molecule has 4 nitrogen and oxygen atoms in total. The fourth-order valence-electron chi connectivity index (χ4n) is 1.18. The standard InChI is InChI=1S/C10H19N3OS/c1-4-5-11-9(7-14-8(2)3)10-6-12-13-15-10/h6,8-9,11H,4-5,7H2,1-3H3. The van der Waals surface area contributed by atoms with Crippen molar-refractivity contribution < 1.29 is 4.74 Å². The van der Waals surface area contributed by atoms with Crippen LogP contribution in [0.15, 0.2) is 6.20 Å². The predicted molar refractivity (Wildman–Crippen MR) is 62.0 cm³/mol.